The number of rotatable bonds is 4. The van der Waals surface area contributed by atoms with E-state index in [1.165, 1.54) is 11.0 Å². The zero-order valence-corrected chi connectivity index (χ0v) is 16.5. The topological polar surface area (TPSA) is 108 Å². The summed E-state index contributed by atoms with van der Waals surface area (Å²) < 4.78 is 65.3. The molecule has 0 atom stereocenters. The van der Waals surface area contributed by atoms with E-state index in [1.807, 2.05) is 0 Å². The van der Waals surface area contributed by atoms with Crippen LogP contribution in [0.2, 0.25) is 0 Å². The molecule has 1 saturated heterocycles. The van der Waals surface area contributed by atoms with Crippen LogP contribution in [-0.4, -0.2) is 55.5 Å². The molecule has 7 nitrogen and oxygen atoms in total. The highest BCUT2D eigenvalue weighted by Crippen LogP contribution is 2.31. The Morgan fingerprint density at radius 3 is 2.17 bits per heavy atom. The van der Waals surface area contributed by atoms with E-state index in [0.717, 1.165) is 22.5 Å². The number of nitrogen functional groups attached to an aromatic ring is 1. The highest BCUT2D eigenvalue weighted by molar-refractivity contribution is 7.89. The van der Waals surface area contributed by atoms with Gasteiger partial charge in [-0.2, -0.15) is 17.5 Å². The number of benzene rings is 2. The van der Waals surface area contributed by atoms with Gasteiger partial charge < -0.3 is 10.6 Å². The molecule has 2 aromatic rings. The highest BCUT2D eigenvalue weighted by Gasteiger charge is 2.34. The van der Waals surface area contributed by atoms with Crippen LogP contribution in [0.1, 0.15) is 21.5 Å². The third-order valence-corrected chi connectivity index (χ3v) is 6.64. The lowest BCUT2D eigenvalue weighted by molar-refractivity contribution is -0.137. The van der Waals surface area contributed by atoms with Crippen LogP contribution in [0.4, 0.5) is 13.2 Å². The molecule has 0 aromatic heterocycles. The van der Waals surface area contributed by atoms with Crippen molar-refractivity contribution < 1.29 is 26.4 Å². The van der Waals surface area contributed by atoms with Crippen LogP contribution in [-0.2, 0) is 16.2 Å². The molecule has 160 valence electrons. The zero-order chi connectivity index (χ0) is 22.1. The second-order valence-electron chi connectivity index (χ2n) is 6.72. The molecule has 1 fully saturated rings. The summed E-state index contributed by atoms with van der Waals surface area (Å²) >= 11 is 0. The molecular formula is C19H19F3N4O3S. The molecule has 11 heteroatoms. The van der Waals surface area contributed by atoms with Crippen molar-refractivity contribution in [3.05, 3.63) is 65.2 Å². The van der Waals surface area contributed by atoms with Crippen molar-refractivity contribution in [3.63, 3.8) is 0 Å². The average molecular weight is 440 g/mol. The second-order valence-corrected chi connectivity index (χ2v) is 8.65. The molecule has 1 heterocycles. The van der Waals surface area contributed by atoms with Crippen molar-refractivity contribution in [1.82, 2.24) is 9.21 Å². The van der Waals surface area contributed by atoms with Gasteiger partial charge >= 0.3 is 6.18 Å². The van der Waals surface area contributed by atoms with E-state index in [9.17, 15) is 26.4 Å². The number of hydrogen-bond donors (Lipinski definition) is 2. The second kappa shape index (κ2) is 8.07. The van der Waals surface area contributed by atoms with Crippen molar-refractivity contribution in [1.29, 1.82) is 5.41 Å². The van der Waals surface area contributed by atoms with Gasteiger partial charge in [-0.1, -0.05) is 18.2 Å². The van der Waals surface area contributed by atoms with E-state index in [0.29, 0.717) is 17.2 Å². The van der Waals surface area contributed by atoms with E-state index >= 15 is 0 Å². The summed E-state index contributed by atoms with van der Waals surface area (Å²) in [7, 11) is -4.13. The van der Waals surface area contributed by atoms with E-state index in [-0.39, 0.29) is 37.9 Å². The number of nitrogens with one attached hydrogen (secondary N) is 1. The molecule has 3 N–H and O–H groups in total. The Morgan fingerprint density at radius 1 is 0.967 bits per heavy atom. The van der Waals surface area contributed by atoms with Gasteiger partial charge in [-0.25, -0.2) is 8.42 Å². The quantitative estimate of drug-likeness (QED) is 0.561. The normalized spacial score (nSPS) is 15.8. The molecule has 2 aromatic carbocycles. The van der Waals surface area contributed by atoms with Crippen molar-refractivity contribution in [2.45, 2.75) is 11.1 Å². The maximum atomic E-state index is 12.9. The van der Waals surface area contributed by atoms with Gasteiger partial charge in [0.05, 0.1) is 10.5 Å². The van der Waals surface area contributed by atoms with Crippen LogP contribution >= 0.6 is 0 Å². The predicted molar refractivity (Wildman–Crippen MR) is 104 cm³/mol. The number of nitrogens with zero attached hydrogens (tertiary/aromatic N) is 2. The van der Waals surface area contributed by atoms with Gasteiger partial charge in [-0.15, -0.1) is 0 Å². The number of hydrogen-bond acceptors (Lipinski definition) is 4. The summed E-state index contributed by atoms with van der Waals surface area (Å²) in [4.78, 5) is 13.7. The lowest BCUT2D eigenvalue weighted by Crippen LogP contribution is -2.50. The van der Waals surface area contributed by atoms with Gasteiger partial charge in [-0.05, 0) is 30.3 Å². The first kappa shape index (κ1) is 21.8. The molecule has 0 aliphatic carbocycles. The highest BCUT2D eigenvalue weighted by atomic mass is 32.2. The average Bonchev–Trinajstić information content (AvgIpc) is 2.73. The molecule has 0 unspecified atom stereocenters. The fourth-order valence-corrected chi connectivity index (χ4v) is 4.58. The first-order chi connectivity index (χ1) is 14.0. The molecule has 0 saturated carbocycles. The zero-order valence-electron chi connectivity index (χ0n) is 15.7. The van der Waals surface area contributed by atoms with Crippen molar-refractivity contribution in [2.24, 2.45) is 5.73 Å². The van der Waals surface area contributed by atoms with Crippen LogP contribution in [0.3, 0.4) is 0 Å². The van der Waals surface area contributed by atoms with Crippen molar-refractivity contribution >= 4 is 21.8 Å². The fourth-order valence-electron chi connectivity index (χ4n) is 3.12. The van der Waals surface area contributed by atoms with E-state index in [2.05, 4.69) is 0 Å². The maximum Gasteiger partial charge on any atom is 0.416 e. The summed E-state index contributed by atoms with van der Waals surface area (Å²) in [5.74, 6) is -0.518. The van der Waals surface area contributed by atoms with Gasteiger partial charge in [0.2, 0.25) is 10.0 Å². The number of piperazine rings is 1. The molecular weight excluding hydrogens is 421 g/mol. The van der Waals surface area contributed by atoms with Gasteiger partial charge in [-0.3, -0.25) is 10.2 Å². The molecule has 1 aliphatic heterocycles. The molecule has 0 spiro atoms. The van der Waals surface area contributed by atoms with E-state index in [4.69, 9.17) is 11.1 Å². The first-order valence-electron chi connectivity index (χ1n) is 8.91. The fraction of sp³-hybridized carbons (Fsp3) is 0.263. The molecule has 0 bridgehead atoms. The minimum Gasteiger partial charge on any atom is -0.384 e. The molecule has 30 heavy (non-hydrogen) atoms. The summed E-state index contributed by atoms with van der Waals surface area (Å²) in [5.41, 5.74) is 5.11. The van der Waals surface area contributed by atoms with Crippen LogP contribution in [0.25, 0.3) is 0 Å². The first-order valence-corrected chi connectivity index (χ1v) is 10.4. The monoisotopic (exact) mass is 440 g/mol. The van der Waals surface area contributed by atoms with E-state index in [1.54, 1.807) is 18.2 Å². The molecule has 1 amide bonds. The Balaban J connectivity index is 1.73. The third kappa shape index (κ3) is 4.46. The van der Waals surface area contributed by atoms with Crippen LogP contribution in [0.5, 0.6) is 0 Å². The Bertz CT molecular complexity index is 1080. The Labute approximate surface area is 171 Å². The third-order valence-electron chi connectivity index (χ3n) is 4.75. The van der Waals surface area contributed by atoms with Crippen molar-refractivity contribution in [2.75, 3.05) is 26.2 Å². The number of carbonyl (C=O) groups is 1. The summed E-state index contributed by atoms with van der Waals surface area (Å²) in [6, 6.07) is 9.84. The standard InChI is InChI=1S/C19H19F3N4O3S/c20-19(21,22)15-5-2-6-16(12-15)30(28,29)26-9-7-25(8-10-26)18(27)14-4-1-3-13(11-14)17(23)24/h1-6,11-12H,7-10H2,(H3,23,24). The van der Waals surface area contributed by atoms with Crippen LogP contribution in [0, 0.1) is 5.41 Å². The Hall–Kier alpha value is -2.92. The minimum atomic E-state index is -4.65. The SMILES string of the molecule is N=C(N)c1cccc(C(=O)N2CCN(S(=O)(=O)c3cccc(C(F)(F)F)c3)CC2)c1. The number of amidine groups is 1. The summed E-state index contributed by atoms with van der Waals surface area (Å²) in [5, 5.41) is 7.46. The Kier molecular flexibility index (Phi) is 5.86. The Morgan fingerprint density at radius 2 is 1.57 bits per heavy atom. The molecule has 0 radical (unpaired) electrons. The number of nitrogens with two attached hydrogens (primary N) is 1. The number of amides is 1. The smallest absolute Gasteiger partial charge is 0.384 e. The minimum absolute atomic E-state index is 0.0449. The summed E-state index contributed by atoms with van der Waals surface area (Å²) in [6.07, 6.45) is -4.65. The van der Waals surface area contributed by atoms with Crippen LogP contribution in [0.15, 0.2) is 53.4 Å². The number of alkyl halides is 3. The van der Waals surface area contributed by atoms with E-state index < -0.39 is 26.7 Å². The number of halogens is 3. The van der Waals surface area contributed by atoms with Crippen LogP contribution < -0.4 is 5.73 Å². The molecule has 1 aliphatic rings. The molecule has 3 rings (SSSR count). The van der Waals surface area contributed by atoms with Gasteiger partial charge in [0.25, 0.3) is 5.91 Å². The lowest BCUT2D eigenvalue weighted by atomic mass is 10.1. The number of sulfonamides is 1. The summed E-state index contributed by atoms with van der Waals surface area (Å²) in [6.45, 7) is 0.0794. The maximum absolute atomic E-state index is 12.9. The van der Waals surface area contributed by atoms with Gasteiger partial charge in [0, 0.05) is 37.3 Å². The predicted octanol–water partition coefficient (Wildman–Crippen LogP) is 2.14. The lowest BCUT2D eigenvalue weighted by Gasteiger charge is -2.34. The van der Waals surface area contributed by atoms with Gasteiger partial charge in [0.15, 0.2) is 0 Å². The largest absolute Gasteiger partial charge is 0.416 e. The van der Waals surface area contributed by atoms with Gasteiger partial charge in [0.1, 0.15) is 5.84 Å². The number of carbonyl (C=O) groups excluding carboxylic acids is 1. The van der Waals surface area contributed by atoms with Crippen molar-refractivity contribution in [3.8, 4) is 0 Å².